The van der Waals surface area contributed by atoms with Crippen molar-refractivity contribution in [2.24, 2.45) is 0 Å². The molecule has 0 aliphatic heterocycles. The Bertz CT molecular complexity index is 834. The van der Waals surface area contributed by atoms with Crippen LogP contribution in [0.4, 0.5) is 11.5 Å². The highest BCUT2D eigenvalue weighted by atomic mass is 35.5. The minimum atomic E-state index is 0. The Kier molecular flexibility index (Phi) is 4.96. The second-order valence-electron chi connectivity index (χ2n) is 5.42. The van der Waals surface area contributed by atoms with Gasteiger partial charge in [-0.3, -0.25) is 0 Å². The number of aromatic nitrogens is 1. The molecule has 4 nitrogen and oxygen atoms in total. The topological polar surface area (TPSA) is 51.4 Å². The molecular weight excluding hydrogens is 310 g/mol. The molecule has 2 aromatic carbocycles. The van der Waals surface area contributed by atoms with E-state index in [4.69, 9.17) is 10.5 Å². The highest BCUT2D eigenvalue weighted by Gasteiger charge is 2.08. The van der Waals surface area contributed by atoms with Gasteiger partial charge in [-0.05, 0) is 41.8 Å². The number of methoxy groups -OCH3 is 1. The number of nitrogens with two attached hydrogens (primary N) is 1. The van der Waals surface area contributed by atoms with E-state index in [2.05, 4.69) is 22.0 Å². The Morgan fingerprint density at radius 1 is 1.04 bits per heavy atom. The molecule has 3 aromatic rings. The number of rotatable bonds is 3. The summed E-state index contributed by atoms with van der Waals surface area (Å²) in [6.45, 7) is 0. The van der Waals surface area contributed by atoms with Crippen molar-refractivity contribution in [2.45, 2.75) is 0 Å². The summed E-state index contributed by atoms with van der Waals surface area (Å²) in [5, 5.41) is 2.05. The first-order valence-corrected chi connectivity index (χ1v) is 7.10. The Hall–Kier alpha value is -2.46. The van der Waals surface area contributed by atoms with Crippen LogP contribution in [0.2, 0.25) is 0 Å². The Morgan fingerprint density at radius 2 is 1.83 bits per heavy atom. The predicted molar refractivity (Wildman–Crippen MR) is 99.7 cm³/mol. The minimum Gasteiger partial charge on any atom is -0.497 e. The Morgan fingerprint density at radius 3 is 2.52 bits per heavy atom. The molecule has 0 aliphatic carbocycles. The number of benzene rings is 2. The van der Waals surface area contributed by atoms with E-state index >= 15 is 0 Å². The van der Waals surface area contributed by atoms with Crippen LogP contribution in [0.5, 0.6) is 5.75 Å². The molecule has 3 rings (SSSR count). The lowest BCUT2D eigenvalue weighted by atomic mass is 10.1. The third kappa shape index (κ3) is 3.32. The van der Waals surface area contributed by atoms with Crippen LogP contribution in [0.25, 0.3) is 22.0 Å². The first kappa shape index (κ1) is 16.9. The van der Waals surface area contributed by atoms with Crippen LogP contribution < -0.4 is 15.4 Å². The third-order valence-electron chi connectivity index (χ3n) is 3.73. The molecule has 0 radical (unpaired) electrons. The Labute approximate surface area is 142 Å². The molecule has 0 spiro atoms. The molecule has 23 heavy (non-hydrogen) atoms. The fourth-order valence-electron chi connectivity index (χ4n) is 2.48. The van der Waals surface area contributed by atoms with Crippen LogP contribution >= 0.6 is 12.4 Å². The maximum absolute atomic E-state index is 6.14. The summed E-state index contributed by atoms with van der Waals surface area (Å²) in [4.78, 5) is 6.60. The van der Waals surface area contributed by atoms with Crippen LogP contribution in [0.1, 0.15) is 0 Å². The standard InChI is InChI=1S/C18H19N3O.ClH/c1-21(2)14-7-8-16-13(9-14)11-17(20-18(16)19)12-5-4-6-15(10-12)22-3;/h4-11H,1-3H3,(H2,19,20);1H. The summed E-state index contributed by atoms with van der Waals surface area (Å²) >= 11 is 0. The van der Waals surface area contributed by atoms with Gasteiger partial charge in [0.25, 0.3) is 0 Å². The van der Waals surface area contributed by atoms with Gasteiger partial charge in [0.05, 0.1) is 12.8 Å². The molecule has 120 valence electrons. The van der Waals surface area contributed by atoms with Crippen molar-refractivity contribution in [3.8, 4) is 17.0 Å². The smallest absolute Gasteiger partial charge is 0.131 e. The molecule has 0 amide bonds. The summed E-state index contributed by atoms with van der Waals surface area (Å²) in [5.41, 5.74) is 9.11. The van der Waals surface area contributed by atoms with Gasteiger partial charge in [0.1, 0.15) is 11.6 Å². The predicted octanol–water partition coefficient (Wildman–Crippen LogP) is 3.98. The lowest BCUT2D eigenvalue weighted by molar-refractivity contribution is 0.415. The number of anilines is 2. The first-order valence-electron chi connectivity index (χ1n) is 7.10. The fraction of sp³-hybridized carbons (Fsp3) is 0.167. The average Bonchev–Trinajstić information content (AvgIpc) is 2.54. The second kappa shape index (κ2) is 6.75. The normalized spacial score (nSPS) is 10.2. The van der Waals surface area contributed by atoms with Gasteiger partial charge in [-0.1, -0.05) is 12.1 Å². The lowest BCUT2D eigenvalue weighted by Crippen LogP contribution is -2.08. The van der Waals surface area contributed by atoms with Crippen molar-refractivity contribution in [1.29, 1.82) is 0 Å². The van der Waals surface area contributed by atoms with E-state index in [1.54, 1.807) is 7.11 Å². The molecular formula is C18H20ClN3O. The van der Waals surface area contributed by atoms with Crippen LogP contribution in [0.3, 0.4) is 0 Å². The molecule has 0 bridgehead atoms. The zero-order valence-corrected chi connectivity index (χ0v) is 14.2. The molecule has 2 N–H and O–H groups in total. The lowest BCUT2D eigenvalue weighted by Gasteiger charge is -2.14. The van der Waals surface area contributed by atoms with E-state index in [0.717, 1.165) is 33.5 Å². The summed E-state index contributed by atoms with van der Waals surface area (Å²) in [5.74, 6) is 1.35. The summed E-state index contributed by atoms with van der Waals surface area (Å²) in [6.07, 6.45) is 0. The molecule has 0 aliphatic rings. The van der Waals surface area contributed by atoms with Crippen molar-refractivity contribution < 1.29 is 4.74 Å². The summed E-state index contributed by atoms with van der Waals surface area (Å²) < 4.78 is 5.28. The number of hydrogen-bond acceptors (Lipinski definition) is 4. The van der Waals surface area contributed by atoms with Gasteiger partial charge >= 0.3 is 0 Å². The highest BCUT2D eigenvalue weighted by Crippen LogP contribution is 2.30. The van der Waals surface area contributed by atoms with Gasteiger partial charge in [0.2, 0.25) is 0 Å². The summed E-state index contributed by atoms with van der Waals surface area (Å²) in [6, 6.07) is 16.1. The minimum absolute atomic E-state index is 0. The maximum atomic E-state index is 6.14. The van der Waals surface area contributed by atoms with E-state index < -0.39 is 0 Å². The molecule has 0 atom stereocenters. The number of fused-ring (bicyclic) bond motifs is 1. The first-order chi connectivity index (χ1) is 10.6. The zero-order chi connectivity index (χ0) is 15.7. The molecule has 0 saturated heterocycles. The van der Waals surface area contributed by atoms with E-state index in [9.17, 15) is 0 Å². The van der Waals surface area contributed by atoms with E-state index in [1.165, 1.54) is 0 Å². The van der Waals surface area contributed by atoms with Gasteiger partial charge in [0.15, 0.2) is 0 Å². The van der Waals surface area contributed by atoms with Crippen LogP contribution in [-0.2, 0) is 0 Å². The van der Waals surface area contributed by atoms with Gasteiger partial charge in [-0.15, -0.1) is 12.4 Å². The van der Waals surface area contributed by atoms with E-state index in [-0.39, 0.29) is 12.4 Å². The maximum Gasteiger partial charge on any atom is 0.131 e. The van der Waals surface area contributed by atoms with Crippen molar-refractivity contribution in [2.75, 3.05) is 31.8 Å². The number of halogens is 1. The molecule has 0 unspecified atom stereocenters. The zero-order valence-electron chi connectivity index (χ0n) is 13.4. The Balaban J connectivity index is 0.00000192. The number of nitrogens with zero attached hydrogens (tertiary/aromatic N) is 2. The van der Waals surface area contributed by atoms with Gasteiger partial charge < -0.3 is 15.4 Å². The van der Waals surface area contributed by atoms with E-state index in [1.807, 2.05) is 50.5 Å². The fourth-order valence-corrected chi connectivity index (χ4v) is 2.48. The van der Waals surface area contributed by atoms with Crippen molar-refractivity contribution in [1.82, 2.24) is 4.98 Å². The number of ether oxygens (including phenoxy) is 1. The molecule has 1 aromatic heterocycles. The number of nitrogen functional groups attached to an aromatic ring is 1. The third-order valence-corrected chi connectivity index (χ3v) is 3.73. The SMILES string of the molecule is COc1cccc(-c2cc3cc(N(C)C)ccc3c(N)n2)c1.Cl. The average molecular weight is 330 g/mol. The van der Waals surface area contributed by atoms with Crippen molar-refractivity contribution in [3.63, 3.8) is 0 Å². The number of hydrogen-bond donors (Lipinski definition) is 1. The second-order valence-corrected chi connectivity index (χ2v) is 5.42. The van der Waals surface area contributed by atoms with Crippen LogP contribution in [0.15, 0.2) is 48.5 Å². The monoisotopic (exact) mass is 329 g/mol. The molecule has 0 fully saturated rings. The quantitative estimate of drug-likeness (QED) is 0.789. The molecule has 5 heteroatoms. The van der Waals surface area contributed by atoms with Gasteiger partial charge in [-0.2, -0.15) is 0 Å². The van der Waals surface area contributed by atoms with Gasteiger partial charge in [0, 0.05) is 30.7 Å². The van der Waals surface area contributed by atoms with Crippen molar-refractivity contribution >= 4 is 34.7 Å². The van der Waals surface area contributed by atoms with E-state index in [0.29, 0.717) is 5.82 Å². The largest absolute Gasteiger partial charge is 0.497 e. The van der Waals surface area contributed by atoms with Gasteiger partial charge in [-0.25, -0.2) is 4.98 Å². The molecule has 1 heterocycles. The highest BCUT2D eigenvalue weighted by molar-refractivity contribution is 5.95. The van der Waals surface area contributed by atoms with Crippen LogP contribution in [0, 0.1) is 0 Å². The molecule has 0 saturated carbocycles. The summed E-state index contributed by atoms with van der Waals surface area (Å²) in [7, 11) is 5.70. The van der Waals surface area contributed by atoms with Crippen molar-refractivity contribution in [3.05, 3.63) is 48.5 Å². The van der Waals surface area contributed by atoms with Crippen LogP contribution in [-0.4, -0.2) is 26.2 Å². The number of pyridine rings is 1.